The van der Waals surface area contributed by atoms with Gasteiger partial charge in [-0.3, -0.25) is 0 Å². The SMILES string of the molecule is CCNC1CCCC(c2nc(C(C)C)no2)C1. The summed E-state index contributed by atoms with van der Waals surface area (Å²) in [5.41, 5.74) is 0. The molecule has 1 saturated carbocycles. The monoisotopic (exact) mass is 237 g/mol. The number of nitrogens with one attached hydrogen (secondary N) is 1. The van der Waals surface area contributed by atoms with Crippen LogP contribution in [0.15, 0.2) is 4.52 Å². The van der Waals surface area contributed by atoms with Gasteiger partial charge in [-0.05, 0) is 25.8 Å². The minimum Gasteiger partial charge on any atom is -0.339 e. The molecule has 2 unspecified atom stereocenters. The van der Waals surface area contributed by atoms with E-state index in [-0.39, 0.29) is 0 Å². The molecule has 1 fully saturated rings. The fourth-order valence-corrected chi connectivity index (χ4v) is 2.54. The molecule has 0 aliphatic heterocycles. The zero-order valence-corrected chi connectivity index (χ0v) is 11.1. The summed E-state index contributed by atoms with van der Waals surface area (Å²) in [5, 5.41) is 7.58. The van der Waals surface area contributed by atoms with E-state index in [4.69, 9.17) is 4.52 Å². The Hall–Kier alpha value is -0.900. The van der Waals surface area contributed by atoms with Gasteiger partial charge in [-0.15, -0.1) is 0 Å². The van der Waals surface area contributed by atoms with Gasteiger partial charge in [-0.1, -0.05) is 32.3 Å². The summed E-state index contributed by atoms with van der Waals surface area (Å²) in [6.45, 7) is 7.39. The minimum absolute atomic E-state index is 0.348. The van der Waals surface area contributed by atoms with Crippen molar-refractivity contribution in [1.29, 1.82) is 0 Å². The van der Waals surface area contributed by atoms with Crippen LogP contribution < -0.4 is 5.32 Å². The van der Waals surface area contributed by atoms with Crippen molar-refractivity contribution in [3.63, 3.8) is 0 Å². The van der Waals surface area contributed by atoms with Crippen LogP contribution in [0.5, 0.6) is 0 Å². The van der Waals surface area contributed by atoms with Crippen LogP contribution in [0.3, 0.4) is 0 Å². The molecule has 4 nitrogen and oxygen atoms in total. The number of aromatic nitrogens is 2. The highest BCUT2D eigenvalue weighted by Gasteiger charge is 2.27. The zero-order valence-electron chi connectivity index (χ0n) is 11.1. The van der Waals surface area contributed by atoms with Crippen LogP contribution in [0.25, 0.3) is 0 Å². The first kappa shape index (κ1) is 12.6. The van der Waals surface area contributed by atoms with Crippen molar-refractivity contribution in [2.75, 3.05) is 6.54 Å². The van der Waals surface area contributed by atoms with Crippen LogP contribution in [0.2, 0.25) is 0 Å². The molecule has 0 aromatic carbocycles. The molecule has 17 heavy (non-hydrogen) atoms. The first-order chi connectivity index (χ1) is 8.20. The molecule has 96 valence electrons. The second kappa shape index (κ2) is 5.63. The Kier molecular flexibility index (Phi) is 4.15. The molecule has 0 radical (unpaired) electrons. The molecule has 0 saturated heterocycles. The van der Waals surface area contributed by atoms with Gasteiger partial charge in [0.2, 0.25) is 5.89 Å². The first-order valence-electron chi connectivity index (χ1n) is 6.77. The molecule has 1 N–H and O–H groups in total. The molecule has 0 spiro atoms. The fourth-order valence-electron chi connectivity index (χ4n) is 2.54. The Labute approximate surface area is 103 Å². The van der Waals surface area contributed by atoms with E-state index in [1.165, 1.54) is 19.3 Å². The lowest BCUT2D eigenvalue weighted by atomic mass is 9.85. The summed E-state index contributed by atoms with van der Waals surface area (Å²) in [4.78, 5) is 4.52. The highest BCUT2D eigenvalue weighted by molar-refractivity contribution is 4.99. The summed E-state index contributed by atoms with van der Waals surface area (Å²) in [6.07, 6.45) is 4.84. The number of nitrogens with zero attached hydrogens (tertiary/aromatic N) is 2. The van der Waals surface area contributed by atoms with E-state index in [0.29, 0.717) is 17.9 Å². The Morgan fingerprint density at radius 2 is 2.24 bits per heavy atom. The lowest BCUT2D eigenvalue weighted by molar-refractivity contribution is 0.279. The van der Waals surface area contributed by atoms with Crippen molar-refractivity contribution in [1.82, 2.24) is 15.5 Å². The van der Waals surface area contributed by atoms with E-state index in [0.717, 1.165) is 24.7 Å². The molecule has 0 bridgehead atoms. The topological polar surface area (TPSA) is 51.0 Å². The molecule has 1 aromatic rings. The van der Waals surface area contributed by atoms with E-state index in [2.05, 4.69) is 36.2 Å². The summed E-state index contributed by atoms with van der Waals surface area (Å²) in [6, 6.07) is 0.619. The van der Waals surface area contributed by atoms with Crippen LogP contribution in [-0.4, -0.2) is 22.7 Å². The highest BCUT2D eigenvalue weighted by atomic mass is 16.5. The summed E-state index contributed by atoms with van der Waals surface area (Å²) in [7, 11) is 0. The third kappa shape index (κ3) is 3.06. The van der Waals surface area contributed by atoms with Gasteiger partial charge >= 0.3 is 0 Å². The Balaban J connectivity index is 2.00. The molecular weight excluding hydrogens is 214 g/mol. The zero-order chi connectivity index (χ0) is 12.3. The van der Waals surface area contributed by atoms with Crippen LogP contribution in [-0.2, 0) is 0 Å². The predicted molar refractivity (Wildman–Crippen MR) is 67.1 cm³/mol. The first-order valence-corrected chi connectivity index (χ1v) is 6.77. The third-order valence-corrected chi connectivity index (χ3v) is 3.49. The molecule has 1 aliphatic carbocycles. The summed E-state index contributed by atoms with van der Waals surface area (Å²) < 4.78 is 5.40. The van der Waals surface area contributed by atoms with Crippen LogP contribution in [0, 0.1) is 0 Å². The maximum absolute atomic E-state index is 5.40. The predicted octanol–water partition coefficient (Wildman–Crippen LogP) is 2.83. The van der Waals surface area contributed by atoms with Crippen molar-refractivity contribution in [3.8, 4) is 0 Å². The fraction of sp³-hybridized carbons (Fsp3) is 0.846. The minimum atomic E-state index is 0.348. The number of rotatable bonds is 4. The normalized spacial score (nSPS) is 25.4. The molecule has 4 heteroatoms. The summed E-state index contributed by atoms with van der Waals surface area (Å²) >= 11 is 0. The maximum Gasteiger partial charge on any atom is 0.229 e. The molecular formula is C13H23N3O. The van der Waals surface area contributed by atoms with Gasteiger partial charge < -0.3 is 9.84 Å². The van der Waals surface area contributed by atoms with E-state index in [9.17, 15) is 0 Å². The van der Waals surface area contributed by atoms with Gasteiger partial charge in [0.25, 0.3) is 0 Å². The van der Waals surface area contributed by atoms with Crippen molar-refractivity contribution in [3.05, 3.63) is 11.7 Å². The van der Waals surface area contributed by atoms with E-state index in [1.54, 1.807) is 0 Å². The third-order valence-electron chi connectivity index (χ3n) is 3.49. The maximum atomic E-state index is 5.40. The molecule has 1 aromatic heterocycles. The largest absolute Gasteiger partial charge is 0.339 e. The van der Waals surface area contributed by atoms with E-state index < -0.39 is 0 Å². The smallest absolute Gasteiger partial charge is 0.229 e. The number of hydrogen-bond acceptors (Lipinski definition) is 4. The van der Waals surface area contributed by atoms with Gasteiger partial charge in [-0.2, -0.15) is 4.98 Å². The summed E-state index contributed by atoms with van der Waals surface area (Å²) in [5.74, 6) is 2.48. The van der Waals surface area contributed by atoms with Crippen molar-refractivity contribution in [2.24, 2.45) is 0 Å². The van der Waals surface area contributed by atoms with Crippen LogP contribution in [0.1, 0.15) is 70.0 Å². The average molecular weight is 237 g/mol. The van der Waals surface area contributed by atoms with Gasteiger partial charge in [0.1, 0.15) is 0 Å². The van der Waals surface area contributed by atoms with Crippen LogP contribution in [0.4, 0.5) is 0 Å². The average Bonchev–Trinajstić information content (AvgIpc) is 2.79. The second-order valence-electron chi connectivity index (χ2n) is 5.26. The second-order valence-corrected chi connectivity index (χ2v) is 5.26. The standard InChI is InChI=1S/C13H23N3O/c1-4-14-11-7-5-6-10(8-11)13-15-12(9(2)3)16-17-13/h9-11,14H,4-8H2,1-3H3. The van der Waals surface area contributed by atoms with Crippen molar-refractivity contribution >= 4 is 0 Å². The van der Waals surface area contributed by atoms with E-state index in [1.807, 2.05) is 0 Å². The Morgan fingerprint density at radius 1 is 1.41 bits per heavy atom. The molecule has 2 atom stereocenters. The highest BCUT2D eigenvalue weighted by Crippen LogP contribution is 2.32. The molecule has 0 amide bonds. The lowest BCUT2D eigenvalue weighted by Gasteiger charge is -2.27. The molecule has 1 heterocycles. The lowest BCUT2D eigenvalue weighted by Crippen LogP contribution is -2.33. The van der Waals surface area contributed by atoms with Crippen LogP contribution >= 0.6 is 0 Å². The van der Waals surface area contributed by atoms with Gasteiger partial charge in [-0.25, -0.2) is 0 Å². The van der Waals surface area contributed by atoms with Gasteiger partial charge in [0, 0.05) is 17.9 Å². The Morgan fingerprint density at radius 3 is 2.88 bits per heavy atom. The van der Waals surface area contributed by atoms with Crippen molar-refractivity contribution in [2.45, 2.75) is 64.3 Å². The Bertz CT molecular complexity index is 346. The van der Waals surface area contributed by atoms with Gasteiger partial charge in [0.15, 0.2) is 5.82 Å². The van der Waals surface area contributed by atoms with Crippen molar-refractivity contribution < 1.29 is 4.52 Å². The van der Waals surface area contributed by atoms with E-state index >= 15 is 0 Å². The molecule has 1 aliphatic rings. The quantitative estimate of drug-likeness (QED) is 0.875. The number of hydrogen-bond donors (Lipinski definition) is 1. The van der Waals surface area contributed by atoms with Gasteiger partial charge in [0.05, 0.1) is 0 Å². The molecule has 2 rings (SSSR count).